The molecule has 0 aromatic heterocycles. The van der Waals surface area contributed by atoms with Gasteiger partial charge < -0.3 is 20.9 Å². The van der Waals surface area contributed by atoms with Crippen LogP contribution in [0.2, 0.25) is 0 Å². The summed E-state index contributed by atoms with van der Waals surface area (Å²) >= 11 is 0. The van der Waals surface area contributed by atoms with Crippen LogP contribution in [0.1, 0.15) is 37.7 Å². The van der Waals surface area contributed by atoms with Crippen LogP contribution in [0.3, 0.4) is 0 Å². The van der Waals surface area contributed by atoms with Crippen molar-refractivity contribution >= 4 is 23.0 Å². The number of hydrogen-bond acceptors (Lipinski definition) is 4. The van der Waals surface area contributed by atoms with E-state index in [0.717, 1.165) is 49.9 Å². The minimum absolute atomic E-state index is 0.0226. The van der Waals surface area contributed by atoms with E-state index in [2.05, 4.69) is 16.0 Å². The maximum Gasteiger partial charge on any atom is 0.237 e. The number of benzene rings is 2. The van der Waals surface area contributed by atoms with E-state index in [9.17, 15) is 13.6 Å². The van der Waals surface area contributed by atoms with Crippen LogP contribution in [0, 0.1) is 11.6 Å². The summed E-state index contributed by atoms with van der Waals surface area (Å²) in [6, 6.07) is 10.0. The molecule has 5 nitrogen and oxygen atoms in total. The van der Waals surface area contributed by atoms with Crippen LogP contribution in [0.4, 0.5) is 25.8 Å². The lowest BCUT2D eigenvalue weighted by molar-refractivity contribution is -0.122. The molecule has 0 bridgehead atoms. The second kappa shape index (κ2) is 9.43. The summed E-state index contributed by atoms with van der Waals surface area (Å²) < 4.78 is 29.2. The number of nitrogens with zero attached hydrogens (tertiary/aromatic N) is 1. The second-order valence-corrected chi connectivity index (χ2v) is 8.02. The fraction of sp³-hybridized carbons (Fsp3) is 0.435. The monoisotopic (exact) mass is 414 g/mol. The first-order chi connectivity index (χ1) is 14.6. The first-order valence-corrected chi connectivity index (χ1v) is 10.7. The van der Waals surface area contributed by atoms with Gasteiger partial charge in [0.15, 0.2) is 11.6 Å². The molecule has 2 heterocycles. The molecule has 3 N–H and O–H groups in total. The fourth-order valence-corrected chi connectivity index (χ4v) is 4.15. The summed E-state index contributed by atoms with van der Waals surface area (Å²) in [5.74, 6) is -1.06. The Hall–Kier alpha value is -2.67. The molecule has 2 aromatic carbocycles. The van der Waals surface area contributed by atoms with Crippen molar-refractivity contribution < 1.29 is 13.6 Å². The lowest BCUT2D eigenvalue weighted by Gasteiger charge is -2.29. The van der Waals surface area contributed by atoms with Crippen molar-refractivity contribution in [2.24, 2.45) is 0 Å². The van der Waals surface area contributed by atoms with E-state index in [1.807, 2.05) is 24.3 Å². The Morgan fingerprint density at radius 1 is 1.00 bits per heavy atom. The van der Waals surface area contributed by atoms with Gasteiger partial charge in [-0.3, -0.25) is 4.79 Å². The number of amides is 1. The molecule has 0 saturated carbocycles. The third kappa shape index (κ3) is 4.90. The van der Waals surface area contributed by atoms with Crippen LogP contribution in [0.25, 0.3) is 0 Å². The van der Waals surface area contributed by atoms with Crippen LogP contribution < -0.4 is 20.9 Å². The summed E-state index contributed by atoms with van der Waals surface area (Å²) in [5.41, 5.74) is 2.14. The maximum absolute atomic E-state index is 14.6. The second-order valence-electron chi connectivity index (χ2n) is 8.02. The van der Waals surface area contributed by atoms with E-state index in [-0.39, 0.29) is 17.6 Å². The van der Waals surface area contributed by atoms with E-state index < -0.39 is 11.6 Å². The van der Waals surface area contributed by atoms with Crippen molar-refractivity contribution in [2.45, 2.75) is 44.7 Å². The molecule has 0 radical (unpaired) electrons. The lowest BCUT2D eigenvalue weighted by atomic mass is 10.1. The molecule has 0 spiro atoms. The Labute approximate surface area is 175 Å². The van der Waals surface area contributed by atoms with Crippen LogP contribution in [-0.2, 0) is 11.3 Å². The molecule has 0 aliphatic carbocycles. The van der Waals surface area contributed by atoms with Gasteiger partial charge in [-0.05, 0) is 68.5 Å². The minimum atomic E-state index is -0.542. The van der Waals surface area contributed by atoms with Gasteiger partial charge in [-0.25, -0.2) is 8.78 Å². The van der Waals surface area contributed by atoms with E-state index >= 15 is 0 Å². The van der Waals surface area contributed by atoms with Gasteiger partial charge >= 0.3 is 0 Å². The van der Waals surface area contributed by atoms with E-state index in [0.29, 0.717) is 25.3 Å². The quantitative estimate of drug-likeness (QED) is 0.667. The number of carbonyl (C=O) groups is 1. The van der Waals surface area contributed by atoms with Crippen molar-refractivity contribution in [3.05, 3.63) is 53.6 Å². The fourth-order valence-electron chi connectivity index (χ4n) is 4.15. The number of anilines is 3. The van der Waals surface area contributed by atoms with Gasteiger partial charge in [-0.15, -0.1) is 0 Å². The molecule has 1 unspecified atom stereocenters. The highest BCUT2D eigenvalue weighted by Gasteiger charge is 2.22. The molecule has 160 valence electrons. The van der Waals surface area contributed by atoms with E-state index in [1.165, 1.54) is 12.1 Å². The standard InChI is InChI=1S/C23H28F2N4O/c24-19-13-18(14-20(25)22(19)29-11-2-1-3-12-29)28-17-8-6-16(7-9-17)15-27-23(30)21-5-4-10-26-21/h6-9,13-14,21,26,28H,1-5,10-12,15H2,(H,27,30). The summed E-state index contributed by atoms with van der Waals surface area (Å²) in [6.07, 6.45) is 4.93. The number of carbonyl (C=O) groups excluding carboxylic acids is 1. The highest BCUT2D eigenvalue weighted by molar-refractivity contribution is 5.82. The first kappa shape index (κ1) is 20.6. The summed E-state index contributed by atoms with van der Waals surface area (Å²) in [6.45, 7) is 2.72. The average Bonchev–Trinajstić information content (AvgIpc) is 3.28. The minimum Gasteiger partial charge on any atom is -0.367 e. The molecule has 4 rings (SSSR count). The molecule has 2 fully saturated rings. The first-order valence-electron chi connectivity index (χ1n) is 10.7. The Bertz CT molecular complexity index is 852. The predicted octanol–water partition coefficient (Wildman–Crippen LogP) is 4.07. The van der Waals surface area contributed by atoms with Gasteiger partial charge in [0.2, 0.25) is 5.91 Å². The smallest absolute Gasteiger partial charge is 0.237 e. The predicted molar refractivity (Wildman–Crippen MR) is 115 cm³/mol. The Morgan fingerprint density at radius 2 is 1.70 bits per heavy atom. The van der Waals surface area contributed by atoms with E-state index in [4.69, 9.17) is 0 Å². The molecular formula is C23H28F2N4O. The summed E-state index contributed by atoms with van der Waals surface area (Å²) in [5, 5.41) is 9.17. The largest absolute Gasteiger partial charge is 0.367 e. The molecule has 30 heavy (non-hydrogen) atoms. The van der Waals surface area contributed by atoms with Crippen molar-refractivity contribution in [3.8, 4) is 0 Å². The van der Waals surface area contributed by atoms with Crippen LogP contribution in [0.15, 0.2) is 36.4 Å². The van der Waals surface area contributed by atoms with Gasteiger partial charge in [0, 0.05) is 31.0 Å². The molecular weight excluding hydrogens is 386 g/mol. The van der Waals surface area contributed by atoms with Gasteiger partial charge in [-0.1, -0.05) is 12.1 Å². The molecule has 2 aliphatic rings. The number of hydrogen-bond donors (Lipinski definition) is 3. The van der Waals surface area contributed by atoms with Crippen molar-refractivity contribution in [3.63, 3.8) is 0 Å². The number of piperidine rings is 1. The van der Waals surface area contributed by atoms with Crippen molar-refractivity contribution in [2.75, 3.05) is 29.9 Å². The molecule has 2 aliphatic heterocycles. The maximum atomic E-state index is 14.6. The molecule has 1 atom stereocenters. The summed E-state index contributed by atoms with van der Waals surface area (Å²) in [4.78, 5) is 13.9. The Kier molecular flexibility index (Phi) is 6.47. The molecule has 2 saturated heterocycles. The number of halogens is 2. The average molecular weight is 415 g/mol. The van der Waals surface area contributed by atoms with E-state index in [1.54, 1.807) is 4.90 Å². The zero-order chi connectivity index (χ0) is 20.9. The van der Waals surface area contributed by atoms with Crippen LogP contribution in [-0.4, -0.2) is 31.6 Å². The third-order valence-corrected chi connectivity index (χ3v) is 5.78. The normalized spacial score (nSPS) is 19.0. The molecule has 1 amide bonds. The topological polar surface area (TPSA) is 56.4 Å². The zero-order valence-electron chi connectivity index (χ0n) is 17.0. The molecule has 2 aromatic rings. The highest BCUT2D eigenvalue weighted by atomic mass is 19.1. The van der Waals surface area contributed by atoms with Gasteiger partial charge in [-0.2, -0.15) is 0 Å². The van der Waals surface area contributed by atoms with Gasteiger partial charge in [0.1, 0.15) is 5.69 Å². The van der Waals surface area contributed by atoms with Gasteiger partial charge in [0.05, 0.1) is 6.04 Å². The van der Waals surface area contributed by atoms with Crippen molar-refractivity contribution in [1.29, 1.82) is 0 Å². The van der Waals surface area contributed by atoms with Crippen LogP contribution in [0.5, 0.6) is 0 Å². The summed E-state index contributed by atoms with van der Waals surface area (Å²) in [7, 11) is 0. The Balaban J connectivity index is 1.36. The Morgan fingerprint density at radius 3 is 2.33 bits per heavy atom. The van der Waals surface area contributed by atoms with Crippen molar-refractivity contribution in [1.82, 2.24) is 10.6 Å². The van der Waals surface area contributed by atoms with Gasteiger partial charge in [0.25, 0.3) is 0 Å². The van der Waals surface area contributed by atoms with Crippen LogP contribution >= 0.6 is 0 Å². The lowest BCUT2D eigenvalue weighted by Crippen LogP contribution is -2.39. The number of nitrogens with one attached hydrogen (secondary N) is 3. The molecule has 7 heteroatoms. The third-order valence-electron chi connectivity index (χ3n) is 5.78. The highest BCUT2D eigenvalue weighted by Crippen LogP contribution is 2.30. The number of rotatable bonds is 6. The SMILES string of the molecule is O=C(NCc1ccc(Nc2cc(F)c(N3CCCCC3)c(F)c2)cc1)C1CCCN1. The zero-order valence-corrected chi connectivity index (χ0v) is 17.0.